The molecule has 132 valence electrons. The van der Waals surface area contributed by atoms with Gasteiger partial charge in [-0.25, -0.2) is 4.79 Å². The van der Waals surface area contributed by atoms with Crippen molar-refractivity contribution in [2.45, 2.75) is 38.3 Å². The minimum absolute atomic E-state index is 0.0753. The molecule has 1 unspecified atom stereocenters. The normalized spacial score (nSPS) is 23.2. The van der Waals surface area contributed by atoms with Gasteiger partial charge >= 0.3 is 6.03 Å². The Balaban J connectivity index is 1.46. The molecule has 2 heterocycles. The Kier molecular flexibility index (Phi) is 6.10. The third-order valence-corrected chi connectivity index (χ3v) is 5.09. The number of ether oxygens (including phenoxy) is 1. The first-order chi connectivity index (χ1) is 11.7. The van der Waals surface area contributed by atoms with Gasteiger partial charge in [0.2, 0.25) is 0 Å². The van der Waals surface area contributed by atoms with E-state index in [1.54, 1.807) is 0 Å². The maximum absolute atomic E-state index is 12.6. The van der Waals surface area contributed by atoms with Gasteiger partial charge in [0.15, 0.2) is 0 Å². The first kappa shape index (κ1) is 17.2. The van der Waals surface area contributed by atoms with E-state index in [9.17, 15) is 4.79 Å². The number of nitrogens with one attached hydrogen (secondary N) is 1. The zero-order valence-electron chi connectivity index (χ0n) is 14.6. The zero-order valence-corrected chi connectivity index (χ0v) is 14.6. The van der Waals surface area contributed by atoms with Gasteiger partial charge in [0.25, 0.3) is 0 Å². The first-order valence-electron chi connectivity index (χ1n) is 9.18. The Morgan fingerprint density at radius 3 is 2.67 bits per heavy atom. The lowest BCUT2D eigenvalue weighted by molar-refractivity contribution is -0.0139. The van der Waals surface area contributed by atoms with E-state index in [1.807, 2.05) is 23.1 Å². The van der Waals surface area contributed by atoms with Crippen molar-refractivity contribution >= 4 is 6.03 Å². The molecule has 0 spiro atoms. The summed E-state index contributed by atoms with van der Waals surface area (Å²) in [5.74, 6) is 0. The van der Waals surface area contributed by atoms with Crippen molar-refractivity contribution in [1.82, 2.24) is 15.1 Å². The first-order valence-corrected chi connectivity index (χ1v) is 9.18. The van der Waals surface area contributed by atoms with Crippen LogP contribution in [0.2, 0.25) is 0 Å². The van der Waals surface area contributed by atoms with Crippen molar-refractivity contribution in [2.24, 2.45) is 0 Å². The molecule has 0 bridgehead atoms. The molecule has 3 rings (SSSR count). The largest absolute Gasteiger partial charge is 0.374 e. The Bertz CT molecular complexity index is 515. The van der Waals surface area contributed by atoms with Crippen molar-refractivity contribution in [2.75, 3.05) is 39.3 Å². The van der Waals surface area contributed by atoms with Crippen LogP contribution in [0.25, 0.3) is 0 Å². The summed E-state index contributed by atoms with van der Waals surface area (Å²) in [7, 11) is 0. The molecule has 2 aliphatic heterocycles. The van der Waals surface area contributed by atoms with Crippen LogP contribution < -0.4 is 5.32 Å². The summed E-state index contributed by atoms with van der Waals surface area (Å²) >= 11 is 0. The monoisotopic (exact) mass is 331 g/mol. The quantitative estimate of drug-likeness (QED) is 0.919. The minimum Gasteiger partial charge on any atom is -0.374 e. The Morgan fingerprint density at radius 2 is 1.96 bits per heavy atom. The molecular formula is C19H29N3O2. The van der Waals surface area contributed by atoms with Crippen LogP contribution in [-0.4, -0.2) is 67.3 Å². The van der Waals surface area contributed by atoms with Crippen LogP contribution in [-0.2, 0) is 11.2 Å². The number of rotatable bonds is 4. The van der Waals surface area contributed by atoms with Gasteiger partial charge in [0, 0.05) is 38.6 Å². The molecule has 1 atom stereocenters. The summed E-state index contributed by atoms with van der Waals surface area (Å²) in [5.41, 5.74) is 1.26. The van der Waals surface area contributed by atoms with E-state index in [0.29, 0.717) is 25.7 Å². The van der Waals surface area contributed by atoms with Gasteiger partial charge in [-0.1, -0.05) is 37.3 Å². The van der Waals surface area contributed by atoms with Crippen LogP contribution in [0.4, 0.5) is 4.79 Å². The predicted molar refractivity (Wildman–Crippen MR) is 95.1 cm³/mol. The summed E-state index contributed by atoms with van der Waals surface area (Å²) < 4.78 is 5.85. The molecule has 2 saturated heterocycles. The van der Waals surface area contributed by atoms with E-state index in [0.717, 1.165) is 38.9 Å². The van der Waals surface area contributed by atoms with E-state index in [4.69, 9.17) is 4.74 Å². The number of hydrogen-bond acceptors (Lipinski definition) is 3. The minimum atomic E-state index is 0.0753. The van der Waals surface area contributed by atoms with E-state index >= 15 is 0 Å². The summed E-state index contributed by atoms with van der Waals surface area (Å²) in [6.07, 6.45) is 3.06. The topological polar surface area (TPSA) is 44.8 Å². The highest BCUT2D eigenvalue weighted by Crippen LogP contribution is 2.14. The second-order valence-corrected chi connectivity index (χ2v) is 6.79. The van der Waals surface area contributed by atoms with E-state index in [1.165, 1.54) is 5.56 Å². The molecule has 2 amide bonds. The van der Waals surface area contributed by atoms with Crippen molar-refractivity contribution in [1.29, 1.82) is 0 Å². The fourth-order valence-corrected chi connectivity index (χ4v) is 3.56. The van der Waals surface area contributed by atoms with Gasteiger partial charge in [-0.2, -0.15) is 0 Å². The van der Waals surface area contributed by atoms with E-state index < -0.39 is 0 Å². The molecule has 24 heavy (non-hydrogen) atoms. The Morgan fingerprint density at radius 1 is 1.21 bits per heavy atom. The van der Waals surface area contributed by atoms with Gasteiger partial charge in [-0.05, 0) is 24.9 Å². The summed E-state index contributed by atoms with van der Waals surface area (Å²) in [6.45, 7) is 7.45. The molecule has 5 heteroatoms. The van der Waals surface area contributed by atoms with Gasteiger partial charge < -0.3 is 19.9 Å². The second-order valence-electron chi connectivity index (χ2n) is 6.79. The number of carbonyl (C=O) groups is 1. The van der Waals surface area contributed by atoms with Crippen LogP contribution in [0, 0.1) is 0 Å². The highest BCUT2D eigenvalue weighted by molar-refractivity contribution is 5.74. The second kappa shape index (κ2) is 8.49. The number of carbonyl (C=O) groups excluding carboxylic acids is 1. The van der Waals surface area contributed by atoms with E-state index in [2.05, 4.69) is 29.3 Å². The molecule has 5 nitrogen and oxygen atoms in total. The smallest absolute Gasteiger partial charge is 0.317 e. The summed E-state index contributed by atoms with van der Waals surface area (Å²) in [6, 6.07) is 10.7. The number of urea groups is 1. The Hall–Kier alpha value is -1.59. The Labute approximate surface area is 145 Å². The van der Waals surface area contributed by atoms with Crippen LogP contribution in [0.15, 0.2) is 30.3 Å². The predicted octanol–water partition coefficient (Wildman–Crippen LogP) is 2.12. The van der Waals surface area contributed by atoms with Gasteiger partial charge in [0.1, 0.15) is 0 Å². The molecule has 2 aliphatic rings. The average molecular weight is 331 g/mol. The fourth-order valence-electron chi connectivity index (χ4n) is 3.56. The van der Waals surface area contributed by atoms with Gasteiger partial charge in [-0.3, -0.25) is 0 Å². The number of benzene rings is 1. The lowest BCUT2D eigenvalue weighted by Gasteiger charge is -2.36. The van der Waals surface area contributed by atoms with Crippen LogP contribution >= 0.6 is 0 Å². The highest BCUT2D eigenvalue weighted by atomic mass is 16.5. The maximum atomic E-state index is 12.6. The number of piperidine rings is 1. The lowest BCUT2D eigenvalue weighted by Crippen LogP contribution is -2.53. The lowest BCUT2D eigenvalue weighted by atomic mass is 10.1. The number of likely N-dealkylation sites (tertiary alicyclic amines) is 1. The van der Waals surface area contributed by atoms with Crippen molar-refractivity contribution < 1.29 is 9.53 Å². The molecule has 0 radical (unpaired) electrons. The van der Waals surface area contributed by atoms with Gasteiger partial charge in [0.05, 0.1) is 12.7 Å². The van der Waals surface area contributed by atoms with Crippen molar-refractivity contribution in [3.8, 4) is 0 Å². The number of nitrogens with zero attached hydrogens (tertiary/aromatic N) is 2. The molecule has 1 N–H and O–H groups in total. The number of hydrogen-bond donors (Lipinski definition) is 1. The molecular weight excluding hydrogens is 302 g/mol. The molecule has 0 aromatic heterocycles. The summed E-state index contributed by atoms with van der Waals surface area (Å²) in [4.78, 5) is 16.9. The van der Waals surface area contributed by atoms with E-state index in [-0.39, 0.29) is 12.1 Å². The van der Waals surface area contributed by atoms with Crippen LogP contribution in [0.3, 0.4) is 0 Å². The molecule has 0 saturated carbocycles. The summed E-state index contributed by atoms with van der Waals surface area (Å²) in [5, 5.41) is 3.22. The van der Waals surface area contributed by atoms with Crippen molar-refractivity contribution in [3.63, 3.8) is 0 Å². The third kappa shape index (κ3) is 4.71. The SMILES string of the molecule is CCN1CCC(NC(=O)N2CCOC(Cc3ccccc3)C2)CC1. The fraction of sp³-hybridized carbons (Fsp3) is 0.632. The van der Waals surface area contributed by atoms with Crippen molar-refractivity contribution in [3.05, 3.63) is 35.9 Å². The molecule has 1 aromatic carbocycles. The molecule has 2 fully saturated rings. The maximum Gasteiger partial charge on any atom is 0.317 e. The van der Waals surface area contributed by atoms with Gasteiger partial charge in [-0.15, -0.1) is 0 Å². The molecule has 0 aliphatic carbocycles. The number of morpholine rings is 1. The van der Waals surface area contributed by atoms with Crippen LogP contribution in [0.1, 0.15) is 25.3 Å². The standard InChI is InChI=1S/C19H29N3O2/c1-2-21-10-8-17(9-11-21)20-19(23)22-12-13-24-18(15-22)14-16-6-4-3-5-7-16/h3-7,17-18H,2,8-15H2,1H3,(H,20,23). The van der Waals surface area contributed by atoms with Crippen LogP contribution in [0.5, 0.6) is 0 Å². The zero-order chi connectivity index (χ0) is 16.8. The molecule has 1 aromatic rings. The highest BCUT2D eigenvalue weighted by Gasteiger charge is 2.27. The number of amides is 2. The average Bonchev–Trinajstić information content (AvgIpc) is 2.63. The third-order valence-electron chi connectivity index (χ3n) is 5.09.